The highest BCUT2D eigenvalue weighted by Crippen LogP contribution is 2.32. The normalized spacial score (nSPS) is 23.9. The number of carbonyl (C=O) groups excluding carboxylic acids is 1. The zero-order valence-corrected chi connectivity index (χ0v) is 13.4. The van der Waals surface area contributed by atoms with E-state index < -0.39 is 6.10 Å². The number of rotatable bonds is 3. The van der Waals surface area contributed by atoms with Gasteiger partial charge in [0, 0.05) is 19.8 Å². The molecule has 2 rings (SSSR count). The fraction of sp³-hybridized carbons (Fsp3) is 0.364. The second-order valence-corrected chi connectivity index (χ2v) is 6.25. The zero-order valence-electron chi connectivity index (χ0n) is 8.66. The van der Waals surface area contributed by atoms with E-state index in [2.05, 4.69) is 47.8 Å². The Balaban J connectivity index is 2.11. The Kier molecular flexibility index (Phi) is 4.77. The highest BCUT2D eigenvalue weighted by atomic mass is 79.9. The summed E-state index contributed by atoms with van der Waals surface area (Å²) in [6.07, 6.45) is 0.566. The SMILES string of the molecule is O=CC1COC(Cc2c(Br)cc(Br)cc2Br)O1. The van der Waals surface area contributed by atoms with Crippen LogP contribution in [0.25, 0.3) is 0 Å². The molecule has 2 atom stereocenters. The van der Waals surface area contributed by atoms with Gasteiger partial charge in [-0.15, -0.1) is 0 Å². The van der Waals surface area contributed by atoms with Gasteiger partial charge in [0.15, 0.2) is 12.6 Å². The number of carbonyl (C=O) groups is 1. The van der Waals surface area contributed by atoms with Crippen molar-refractivity contribution in [2.75, 3.05) is 6.61 Å². The van der Waals surface area contributed by atoms with E-state index in [4.69, 9.17) is 9.47 Å². The third-order valence-electron chi connectivity index (χ3n) is 2.40. The van der Waals surface area contributed by atoms with Gasteiger partial charge >= 0.3 is 0 Å². The van der Waals surface area contributed by atoms with Crippen LogP contribution in [0.3, 0.4) is 0 Å². The quantitative estimate of drug-likeness (QED) is 0.692. The molecule has 0 N–H and O–H groups in total. The largest absolute Gasteiger partial charge is 0.349 e. The average Bonchev–Trinajstić information content (AvgIpc) is 2.71. The van der Waals surface area contributed by atoms with Crippen LogP contribution in [0.15, 0.2) is 25.6 Å². The van der Waals surface area contributed by atoms with Crippen molar-refractivity contribution in [1.82, 2.24) is 0 Å². The van der Waals surface area contributed by atoms with Gasteiger partial charge in [-0.25, -0.2) is 0 Å². The molecule has 1 aromatic carbocycles. The lowest BCUT2D eigenvalue weighted by Gasteiger charge is -2.13. The van der Waals surface area contributed by atoms with Crippen LogP contribution < -0.4 is 0 Å². The van der Waals surface area contributed by atoms with Gasteiger partial charge in [0.2, 0.25) is 0 Å². The van der Waals surface area contributed by atoms with Gasteiger partial charge in [0.1, 0.15) is 6.10 Å². The molecule has 0 aromatic heterocycles. The summed E-state index contributed by atoms with van der Waals surface area (Å²) in [5.41, 5.74) is 1.06. The number of hydrogen-bond donors (Lipinski definition) is 0. The van der Waals surface area contributed by atoms with Crippen LogP contribution in [0.5, 0.6) is 0 Å². The molecule has 17 heavy (non-hydrogen) atoms. The molecule has 0 aliphatic carbocycles. The predicted octanol–water partition coefficient (Wildman–Crippen LogP) is 3.46. The summed E-state index contributed by atoms with van der Waals surface area (Å²) in [5.74, 6) is 0. The van der Waals surface area contributed by atoms with E-state index in [9.17, 15) is 4.79 Å². The molecule has 1 aliphatic heterocycles. The summed E-state index contributed by atoms with van der Waals surface area (Å²) in [5, 5.41) is 0. The van der Waals surface area contributed by atoms with Crippen molar-refractivity contribution < 1.29 is 14.3 Å². The van der Waals surface area contributed by atoms with E-state index in [1.54, 1.807) is 0 Å². The molecule has 0 bridgehead atoms. The van der Waals surface area contributed by atoms with Crippen LogP contribution in [0.2, 0.25) is 0 Å². The highest BCUT2D eigenvalue weighted by Gasteiger charge is 2.26. The second-order valence-electron chi connectivity index (χ2n) is 3.63. The van der Waals surface area contributed by atoms with Crippen molar-refractivity contribution in [2.24, 2.45) is 0 Å². The molecule has 1 saturated heterocycles. The molecular weight excluding hydrogens is 420 g/mol. The van der Waals surface area contributed by atoms with Gasteiger partial charge < -0.3 is 14.3 Å². The van der Waals surface area contributed by atoms with Crippen LogP contribution in [-0.2, 0) is 20.7 Å². The summed E-state index contributed by atoms with van der Waals surface area (Å²) in [6, 6.07) is 3.93. The van der Waals surface area contributed by atoms with Gasteiger partial charge in [-0.05, 0) is 17.7 Å². The Morgan fingerprint density at radius 3 is 2.47 bits per heavy atom. The van der Waals surface area contributed by atoms with Crippen LogP contribution in [-0.4, -0.2) is 25.3 Å². The fourth-order valence-electron chi connectivity index (χ4n) is 1.59. The Morgan fingerprint density at radius 1 is 1.29 bits per heavy atom. The van der Waals surface area contributed by atoms with Gasteiger partial charge in [-0.3, -0.25) is 0 Å². The standard InChI is InChI=1S/C11H9Br3O3/c12-6-1-9(13)8(10(14)2-6)3-11-16-5-7(4-15)17-11/h1-2,4,7,11H,3,5H2. The first-order valence-electron chi connectivity index (χ1n) is 4.96. The summed E-state index contributed by atoms with van der Waals surface area (Å²) < 4.78 is 13.7. The Bertz CT molecular complexity index is 413. The molecule has 6 heteroatoms. The van der Waals surface area contributed by atoms with Crippen molar-refractivity contribution in [2.45, 2.75) is 18.8 Å². The van der Waals surface area contributed by atoms with Crippen LogP contribution in [0, 0.1) is 0 Å². The Morgan fingerprint density at radius 2 is 1.94 bits per heavy atom. The zero-order chi connectivity index (χ0) is 12.4. The number of aldehydes is 1. The lowest BCUT2D eigenvalue weighted by molar-refractivity contribution is -0.119. The number of ether oxygens (including phenoxy) is 2. The van der Waals surface area contributed by atoms with E-state index in [1.807, 2.05) is 12.1 Å². The molecule has 1 aliphatic rings. The maximum atomic E-state index is 10.6. The molecule has 92 valence electrons. The highest BCUT2D eigenvalue weighted by molar-refractivity contribution is 9.11. The lowest BCUT2D eigenvalue weighted by atomic mass is 10.1. The first-order valence-corrected chi connectivity index (χ1v) is 7.34. The van der Waals surface area contributed by atoms with E-state index in [-0.39, 0.29) is 6.29 Å². The third-order valence-corrected chi connectivity index (χ3v) is 4.27. The Labute approximate surface area is 124 Å². The first kappa shape index (κ1) is 13.7. The van der Waals surface area contributed by atoms with Crippen molar-refractivity contribution in [1.29, 1.82) is 0 Å². The smallest absolute Gasteiger partial charge is 0.162 e. The minimum absolute atomic E-state index is 0.333. The first-order chi connectivity index (χ1) is 8.10. The minimum atomic E-state index is -0.437. The van der Waals surface area contributed by atoms with Crippen molar-refractivity contribution in [3.8, 4) is 0 Å². The van der Waals surface area contributed by atoms with Gasteiger partial charge in [-0.1, -0.05) is 47.8 Å². The lowest BCUT2D eigenvalue weighted by Crippen LogP contribution is -2.15. The van der Waals surface area contributed by atoms with Crippen molar-refractivity contribution >= 4 is 54.1 Å². The molecule has 1 heterocycles. The summed E-state index contributed by atoms with van der Waals surface area (Å²) >= 11 is 10.4. The minimum Gasteiger partial charge on any atom is -0.349 e. The number of benzene rings is 1. The Hall–Kier alpha value is 0.250. The predicted molar refractivity (Wildman–Crippen MR) is 73.9 cm³/mol. The molecule has 2 unspecified atom stereocenters. The average molecular weight is 429 g/mol. The van der Waals surface area contributed by atoms with E-state index in [0.717, 1.165) is 25.3 Å². The van der Waals surface area contributed by atoms with Crippen molar-refractivity contribution in [3.63, 3.8) is 0 Å². The van der Waals surface area contributed by atoms with Crippen LogP contribution in [0.1, 0.15) is 5.56 Å². The molecule has 0 radical (unpaired) electrons. The molecule has 3 nitrogen and oxygen atoms in total. The second kappa shape index (κ2) is 5.93. The molecule has 0 amide bonds. The van der Waals surface area contributed by atoms with E-state index in [1.165, 1.54) is 0 Å². The molecule has 1 aromatic rings. The van der Waals surface area contributed by atoms with Crippen LogP contribution >= 0.6 is 47.8 Å². The molecule has 0 spiro atoms. The fourth-order valence-corrected chi connectivity index (χ4v) is 4.17. The van der Waals surface area contributed by atoms with Gasteiger partial charge in [0.05, 0.1) is 6.61 Å². The number of hydrogen-bond acceptors (Lipinski definition) is 3. The van der Waals surface area contributed by atoms with Crippen molar-refractivity contribution in [3.05, 3.63) is 31.1 Å². The molecule has 1 fully saturated rings. The summed E-state index contributed by atoms with van der Waals surface area (Å²) in [7, 11) is 0. The van der Waals surface area contributed by atoms with Gasteiger partial charge in [0.25, 0.3) is 0 Å². The monoisotopic (exact) mass is 426 g/mol. The maximum Gasteiger partial charge on any atom is 0.162 e. The summed E-state index contributed by atoms with van der Waals surface area (Å²) in [6.45, 7) is 0.333. The van der Waals surface area contributed by atoms with E-state index >= 15 is 0 Å². The third kappa shape index (κ3) is 3.38. The van der Waals surface area contributed by atoms with E-state index in [0.29, 0.717) is 13.0 Å². The molecular formula is C11H9Br3O3. The topological polar surface area (TPSA) is 35.5 Å². The van der Waals surface area contributed by atoms with Crippen LogP contribution in [0.4, 0.5) is 0 Å². The summed E-state index contributed by atoms with van der Waals surface area (Å²) in [4.78, 5) is 10.6. The number of halogens is 3. The molecule has 0 saturated carbocycles. The van der Waals surface area contributed by atoms with Gasteiger partial charge in [-0.2, -0.15) is 0 Å². The maximum absolute atomic E-state index is 10.6.